The van der Waals surface area contributed by atoms with E-state index < -0.39 is 0 Å². The van der Waals surface area contributed by atoms with E-state index in [2.05, 4.69) is 60.5 Å². The third kappa shape index (κ3) is 8.13. The number of halogens is 1. The van der Waals surface area contributed by atoms with Crippen LogP contribution in [0, 0.1) is 5.82 Å². The number of rotatable bonds is 15. The smallest absolute Gasteiger partial charge is 0.124 e. The van der Waals surface area contributed by atoms with Crippen LogP contribution in [0.25, 0.3) is 10.8 Å². The number of nitrogens with zero attached hydrogens (tertiary/aromatic N) is 1. The van der Waals surface area contributed by atoms with Crippen molar-refractivity contribution in [2.24, 2.45) is 0 Å². The topological polar surface area (TPSA) is 24.5 Å². The first-order valence-corrected chi connectivity index (χ1v) is 12.5. The fourth-order valence-corrected chi connectivity index (χ4v) is 4.12. The average Bonchev–Trinajstić information content (AvgIpc) is 2.85. The minimum atomic E-state index is -0.225. The van der Waals surface area contributed by atoms with Gasteiger partial charge in [-0.3, -0.25) is 0 Å². The second kappa shape index (κ2) is 14.0. The van der Waals surface area contributed by atoms with E-state index in [0.717, 1.165) is 37.4 Å². The molecule has 0 amide bonds. The summed E-state index contributed by atoms with van der Waals surface area (Å²) in [5.41, 5.74) is 2.15. The molecule has 0 unspecified atom stereocenters. The molecule has 0 heterocycles. The maximum atomic E-state index is 13.2. The molecule has 0 fully saturated rings. The highest BCUT2D eigenvalue weighted by atomic mass is 19.1. The molecule has 4 heteroatoms. The molecule has 1 N–H and O–H groups in total. The molecule has 0 bridgehead atoms. The van der Waals surface area contributed by atoms with Crippen molar-refractivity contribution in [2.45, 2.75) is 59.1 Å². The van der Waals surface area contributed by atoms with E-state index in [-0.39, 0.29) is 5.82 Å². The van der Waals surface area contributed by atoms with Gasteiger partial charge in [0.1, 0.15) is 18.2 Å². The number of unbranched alkanes of at least 4 members (excludes halogenated alkanes) is 2. The van der Waals surface area contributed by atoms with Gasteiger partial charge in [0.25, 0.3) is 0 Å². The Hall–Kier alpha value is -2.43. The van der Waals surface area contributed by atoms with Crippen molar-refractivity contribution in [3.63, 3.8) is 0 Å². The van der Waals surface area contributed by atoms with Gasteiger partial charge in [0.05, 0.1) is 0 Å². The number of nitrogens with one attached hydrogen (secondary N) is 1. The van der Waals surface area contributed by atoms with E-state index in [1.54, 1.807) is 12.1 Å². The number of fused-ring (bicyclic) bond motifs is 1. The summed E-state index contributed by atoms with van der Waals surface area (Å²) < 4.78 is 19.4. The summed E-state index contributed by atoms with van der Waals surface area (Å²) in [4.78, 5) is 2.61. The number of ether oxygens (including phenoxy) is 1. The molecule has 0 atom stereocenters. The van der Waals surface area contributed by atoms with Crippen molar-refractivity contribution in [3.8, 4) is 5.75 Å². The monoisotopic (exact) mass is 450 g/mol. The molecule has 178 valence electrons. The zero-order chi connectivity index (χ0) is 23.3. The highest BCUT2D eigenvalue weighted by Gasteiger charge is 2.10. The second-order valence-corrected chi connectivity index (χ2v) is 8.76. The average molecular weight is 451 g/mol. The molecule has 0 aliphatic rings. The Kier molecular flexibility index (Phi) is 10.7. The van der Waals surface area contributed by atoms with E-state index in [9.17, 15) is 4.39 Å². The minimum absolute atomic E-state index is 0.225. The van der Waals surface area contributed by atoms with Gasteiger partial charge in [0.2, 0.25) is 0 Å². The molecule has 33 heavy (non-hydrogen) atoms. The molecular formula is C29H39FN2O. The molecule has 0 radical (unpaired) electrons. The van der Waals surface area contributed by atoms with Gasteiger partial charge in [-0.05, 0) is 80.0 Å². The second-order valence-electron chi connectivity index (χ2n) is 8.76. The van der Waals surface area contributed by atoms with Crippen molar-refractivity contribution in [2.75, 3.05) is 26.2 Å². The van der Waals surface area contributed by atoms with Crippen molar-refractivity contribution < 1.29 is 9.13 Å². The maximum Gasteiger partial charge on any atom is 0.124 e. The minimum Gasteiger partial charge on any atom is -0.489 e. The molecule has 3 rings (SSSR count). The fourth-order valence-electron chi connectivity index (χ4n) is 4.12. The summed E-state index contributed by atoms with van der Waals surface area (Å²) in [6, 6.07) is 19.1. The van der Waals surface area contributed by atoms with Crippen LogP contribution >= 0.6 is 0 Å². The van der Waals surface area contributed by atoms with Crippen molar-refractivity contribution in [3.05, 3.63) is 77.6 Å². The van der Waals surface area contributed by atoms with Gasteiger partial charge in [-0.2, -0.15) is 0 Å². The van der Waals surface area contributed by atoms with Gasteiger partial charge in [0, 0.05) is 12.1 Å². The third-order valence-corrected chi connectivity index (χ3v) is 6.09. The van der Waals surface area contributed by atoms with Gasteiger partial charge in [-0.15, -0.1) is 0 Å². The van der Waals surface area contributed by atoms with Gasteiger partial charge < -0.3 is 15.0 Å². The van der Waals surface area contributed by atoms with Crippen LogP contribution in [0.1, 0.15) is 57.1 Å². The van der Waals surface area contributed by atoms with Gasteiger partial charge in [-0.1, -0.05) is 69.2 Å². The van der Waals surface area contributed by atoms with Crippen LogP contribution in [-0.2, 0) is 13.2 Å². The fraction of sp³-hybridized carbons (Fsp3) is 0.448. The van der Waals surface area contributed by atoms with E-state index in [1.165, 1.54) is 67.2 Å². The third-order valence-electron chi connectivity index (χ3n) is 6.09. The summed E-state index contributed by atoms with van der Waals surface area (Å²) >= 11 is 0. The van der Waals surface area contributed by atoms with E-state index in [4.69, 9.17) is 4.74 Å². The van der Waals surface area contributed by atoms with Crippen LogP contribution in [-0.4, -0.2) is 31.1 Å². The van der Waals surface area contributed by atoms with E-state index >= 15 is 0 Å². The zero-order valence-corrected chi connectivity index (χ0v) is 20.3. The quantitative estimate of drug-likeness (QED) is 0.254. The lowest BCUT2D eigenvalue weighted by Gasteiger charge is -2.22. The van der Waals surface area contributed by atoms with E-state index in [1.807, 2.05) is 0 Å². The molecule has 0 spiro atoms. The lowest BCUT2D eigenvalue weighted by Crippen LogP contribution is -2.29. The summed E-state index contributed by atoms with van der Waals surface area (Å²) in [5.74, 6) is 0.662. The first kappa shape index (κ1) is 25.2. The number of hydrogen-bond donors (Lipinski definition) is 1. The standard InChI is InChI=1S/C29H39FN2O/c1-3-5-19-32(20-6-4-2)21-9-18-31-22-28-27-11-8-7-10-25(27)14-17-29(28)33-23-24-12-15-26(30)16-13-24/h7-8,10-17,31H,3-6,9,18-23H2,1-2H3. The van der Waals surface area contributed by atoms with Crippen LogP contribution in [0.5, 0.6) is 5.75 Å². The predicted octanol–water partition coefficient (Wildman–Crippen LogP) is 6.94. The van der Waals surface area contributed by atoms with Crippen molar-refractivity contribution in [1.29, 1.82) is 0 Å². The lowest BCUT2D eigenvalue weighted by molar-refractivity contribution is 0.260. The molecule has 0 aliphatic heterocycles. The molecule has 0 saturated carbocycles. The summed E-state index contributed by atoms with van der Waals surface area (Å²) in [7, 11) is 0. The maximum absolute atomic E-state index is 13.2. The van der Waals surface area contributed by atoms with Crippen molar-refractivity contribution in [1.82, 2.24) is 10.2 Å². The van der Waals surface area contributed by atoms with Gasteiger partial charge >= 0.3 is 0 Å². The molecule has 3 aromatic carbocycles. The molecule has 0 saturated heterocycles. The predicted molar refractivity (Wildman–Crippen MR) is 137 cm³/mol. The Morgan fingerprint density at radius 2 is 1.52 bits per heavy atom. The molecule has 3 aromatic rings. The number of hydrogen-bond acceptors (Lipinski definition) is 3. The molecule has 3 nitrogen and oxygen atoms in total. The number of benzene rings is 3. The Morgan fingerprint density at radius 1 is 0.818 bits per heavy atom. The van der Waals surface area contributed by atoms with Crippen LogP contribution in [0.2, 0.25) is 0 Å². The summed E-state index contributed by atoms with van der Waals surface area (Å²) in [6.07, 6.45) is 6.21. The zero-order valence-electron chi connectivity index (χ0n) is 20.3. The van der Waals surface area contributed by atoms with Crippen LogP contribution in [0.15, 0.2) is 60.7 Å². The largest absolute Gasteiger partial charge is 0.489 e. The SMILES string of the molecule is CCCCN(CCCC)CCCNCc1c(OCc2ccc(F)cc2)ccc2ccccc12. The Morgan fingerprint density at radius 3 is 2.24 bits per heavy atom. The van der Waals surface area contributed by atoms with Crippen molar-refractivity contribution >= 4 is 10.8 Å². The molecular weight excluding hydrogens is 411 g/mol. The molecule has 0 aliphatic carbocycles. The Labute approximate surface area is 199 Å². The van der Waals surface area contributed by atoms with Crippen LogP contribution in [0.3, 0.4) is 0 Å². The highest BCUT2D eigenvalue weighted by Crippen LogP contribution is 2.29. The Balaban J connectivity index is 1.59. The van der Waals surface area contributed by atoms with Crippen LogP contribution in [0.4, 0.5) is 4.39 Å². The Bertz CT molecular complexity index is 949. The first-order valence-electron chi connectivity index (χ1n) is 12.5. The van der Waals surface area contributed by atoms with E-state index in [0.29, 0.717) is 6.61 Å². The molecule has 0 aromatic heterocycles. The lowest BCUT2D eigenvalue weighted by atomic mass is 10.0. The van der Waals surface area contributed by atoms with Gasteiger partial charge in [-0.25, -0.2) is 4.39 Å². The normalized spacial score (nSPS) is 11.4. The first-order chi connectivity index (χ1) is 16.2. The highest BCUT2D eigenvalue weighted by molar-refractivity contribution is 5.87. The van der Waals surface area contributed by atoms with Gasteiger partial charge in [0.15, 0.2) is 0 Å². The van der Waals surface area contributed by atoms with Crippen LogP contribution < -0.4 is 10.1 Å². The summed E-state index contributed by atoms with van der Waals surface area (Å²) in [5, 5.41) is 6.08. The summed E-state index contributed by atoms with van der Waals surface area (Å²) in [6.45, 7) is 10.3.